The van der Waals surface area contributed by atoms with Crippen molar-refractivity contribution in [1.29, 1.82) is 0 Å². The minimum Gasteiger partial charge on any atom is -0.0654 e. The van der Waals surface area contributed by atoms with Gasteiger partial charge in [-0.15, -0.1) is 0 Å². The zero-order valence-electron chi connectivity index (χ0n) is 19.5. The largest absolute Gasteiger partial charge is 0.0654 e. The Balaban J connectivity index is 3.43. The van der Waals surface area contributed by atoms with Crippen LogP contribution in [0.4, 0.5) is 0 Å². The lowest BCUT2D eigenvalue weighted by atomic mass is 9.90. The summed E-state index contributed by atoms with van der Waals surface area (Å²) >= 11 is 0. The van der Waals surface area contributed by atoms with Gasteiger partial charge in [-0.05, 0) is 17.8 Å². The van der Waals surface area contributed by atoms with Crippen molar-refractivity contribution in [2.75, 3.05) is 0 Å². The van der Waals surface area contributed by atoms with E-state index in [0.717, 1.165) is 17.8 Å². The Hall–Kier alpha value is 0. The van der Waals surface area contributed by atoms with Crippen LogP contribution in [0.15, 0.2) is 0 Å². The smallest absolute Gasteiger partial charge is 0.0443 e. The fraction of sp³-hybridized carbons (Fsp3) is 1.00. The Bertz CT molecular complexity index is 257. The summed E-state index contributed by atoms with van der Waals surface area (Å²) in [5, 5.41) is 0. The molecule has 0 N–H and O–H groups in total. The molecule has 0 spiro atoms. The zero-order chi connectivity index (χ0) is 19.5. The van der Waals surface area contributed by atoms with Gasteiger partial charge in [-0.1, -0.05) is 150 Å². The average molecular weight is 367 g/mol. The third-order valence-corrected chi connectivity index (χ3v) is 6.39. The topological polar surface area (TPSA) is 0 Å². The van der Waals surface area contributed by atoms with Crippen LogP contribution < -0.4 is 0 Å². The summed E-state index contributed by atoms with van der Waals surface area (Å²) in [7, 11) is 0. The average Bonchev–Trinajstić information content (AvgIpc) is 2.61. The van der Waals surface area contributed by atoms with E-state index in [9.17, 15) is 0 Å². The first-order valence-electron chi connectivity index (χ1n) is 12.6. The number of hydrogen-bond acceptors (Lipinski definition) is 0. The maximum absolute atomic E-state index is 2.49. The highest BCUT2D eigenvalue weighted by molar-refractivity contribution is 4.61. The van der Waals surface area contributed by atoms with E-state index in [4.69, 9.17) is 0 Å². The number of rotatable bonds is 20. The van der Waals surface area contributed by atoms with E-state index in [1.165, 1.54) is 116 Å². The molecule has 0 aromatic carbocycles. The van der Waals surface area contributed by atoms with Gasteiger partial charge in [0, 0.05) is 0 Å². The first-order chi connectivity index (χ1) is 12.6. The molecule has 0 radical (unpaired) electrons. The van der Waals surface area contributed by atoms with Crippen LogP contribution in [0.1, 0.15) is 150 Å². The van der Waals surface area contributed by atoms with Gasteiger partial charge in [0.15, 0.2) is 0 Å². The van der Waals surface area contributed by atoms with E-state index in [-0.39, 0.29) is 0 Å². The molecular weight excluding hydrogens is 312 g/mol. The third-order valence-electron chi connectivity index (χ3n) is 6.39. The van der Waals surface area contributed by atoms with Crippen LogP contribution in [0.3, 0.4) is 0 Å². The van der Waals surface area contributed by atoms with Gasteiger partial charge in [0.25, 0.3) is 0 Å². The van der Waals surface area contributed by atoms with Crippen LogP contribution in [0.25, 0.3) is 0 Å². The Morgan fingerprint density at radius 2 is 0.615 bits per heavy atom. The van der Waals surface area contributed by atoms with Gasteiger partial charge in [-0.3, -0.25) is 0 Å². The molecule has 0 nitrogen and oxygen atoms in total. The molecular formula is C26H54. The van der Waals surface area contributed by atoms with Gasteiger partial charge in [0.05, 0.1) is 0 Å². The van der Waals surface area contributed by atoms with Gasteiger partial charge in [-0.2, -0.15) is 0 Å². The fourth-order valence-electron chi connectivity index (χ4n) is 4.26. The lowest BCUT2D eigenvalue weighted by molar-refractivity contribution is 0.374. The van der Waals surface area contributed by atoms with Crippen molar-refractivity contribution in [3.05, 3.63) is 0 Å². The molecule has 0 heteroatoms. The van der Waals surface area contributed by atoms with Gasteiger partial charge >= 0.3 is 0 Å². The summed E-state index contributed by atoms with van der Waals surface area (Å²) < 4.78 is 0. The second-order valence-corrected chi connectivity index (χ2v) is 9.58. The summed E-state index contributed by atoms with van der Waals surface area (Å²) in [6.07, 6.45) is 26.1. The van der Waals surface area contributed by atoms with Crippen molar-refractivity contribution in [2.24, 2.45) is 17.8 Å². The molecule has 0 rings (SSSR count). The molecule has 0 aliphatic carbocycles. The summed E-state index contributed by atoms with van der Waals surface area (Å²) in [4.78, 5) is 0. The minimum absolute atomic E-state index is 0.948. The van der Waals surface area contributed by atoms with E-state index in [1.54, 1.807) is 0 Å². The quantitative estimate of drug-likeness (QED) is 0.188. The molecule has 0 aliphatic rings. The molecule has 3 atom stereocenters. The van der Waals surface area contributed by atoms with E-state index in [2.05, 4.69) is 34.6 Å². The Morgan fingerprint density at radius 3 is 1.00 bits per heavy atom. The standard InChI is InChI=1S/C26H54/c1-6-8-10-12-13-15-19-25(4)21-17-23-26(5)22-16-20-24(3)18-14-11-9-7-2/h24-26H,6-23H2,1-5H3. The monoisotopic (exact) mass is 366 g/mol. The van der Waals surface area contributed by atoms with Crippen LogP contribution in [-0.2, 0) is 0 Å². The normalized spacial score (nSPS) is 15.1. The first-order valence-corrected chi connectivity index (χ1v) is 12.6. The maximum atomic E-state index is 2.49. The minimum atomic E-state index is 0.948. The summed E-state index contributed by atoms with van der Waals surface area (Å²) in [6.45, 7) is 12.1. The first kappa shape index (κ1) is 26.0. The Kier molecular flexibility index (Phi) is 19.8. The number of hydrogen-bond donors (Lipinski definition) is 0. The lowest BCUT2D eigenvalue weighted by Crippen LogP contribution is -2.01. The van der Waals surface area contributed by atoms with Crippen LogP contribution in [0.5, 0.6) is 0 Å². The highest BCUT2D eigenvalue weighted by atomic mass is 14.1. The van der Waals surface area contributed by atoms with E-state index < -0.39 is 0 Å². The molecule has 0 aromatic rings. The molecule has 0 heterocycles. The van der Waals surface area contributed by atoms with E-state index in [1.807, 2.05) is 0 Å². The van der Waals surface area contributed by atoms with Crippen molar-refractivity contribution < 1.29 is 0 Å². The van der Waals surface area contributed by atoms with Crippen molar-refractivity contribution in [3.8, 4) is 0 Å². The molecule has 0 saturated carbocycles. The van der Waals surface area contributed by atoms with Crippen molar-refractivity contribution in [2.45, 2.75) is 150 Å². The predicted octanol–water partition coefficient (Wildman–Crippen LogP) is 9.96. The van der Waals surface area contributed by atoms with Crippen LogP contribution in [0, 0.1) is 17.8 Å². The van der Waals surface area contributed by atoms with Crippen LogP contribution in [0.2, 0.25) is 0 Å². The predicted molar refractivity (Wildman–Crippen MR) is 122 cm³/mol. The molecule has 158 valence electrons. The highest BCUT2D eigenvalue weighted by Crippen LogP contribution is 2.23. The SMILES string of the molecule is CCCCCCCCC(C)CCCC(C)CCCC(C)CCCCCC. The van der Waals surface area contributed by atoms with E-state index >= 15 is 0 Å². The molecule has 3 unspecified atom stereocenters. The summed E-state index contributed by atoms with van der Waals surface area (Å²) in [5.74, 6) is 2.86. The van der Waals surface area contributed by atoms with Crippen LogP contribution >= 0.6 is 0 Å². The lowest BCUT2D eigenvalue weighted by Gasteiger charge is -2.16. The molecule has 0 aromatic heterocycles. The molecule has 0 fully saturated rings. The second-order valence-electron chi connectivity index (χ2n) is 9.58. The van der Waals surface area contributed by atoms with Crippen molar-refractivity contribution in [1.82, 2.24) is 0 Å². The third kappa shape index (κ3) is 18.8. The van der Waals surface area contributed by atoms with Gasteiger partial charge in [0.1, 0.15) is 0 Å². The summed E-state index contributed by atoms with van der Waals surface area (Å²) in [6, 6.07) is 0. The Morgan fingerprint density at radius 1 is 0.346 bits per heavy atom. The van der Waals surface area contributed by atoms with Crippen molar-refractivity contribution in [3.63, 3.8) is 0 Å². The van der Waals surface area contributed by atoms with E-state index in [0.29, 0.717) is 0 Å². The Labute approximate surface area is 168 Å². The molecule has 26 heavy (non-hydrogen) atoms. The number of unbranched alkanes of at least 4 members (excludes halogenated alkanes) is 8. The van der Waals surface area contributed by atoms with Gasteiger partial charge in [0.2, 0.25) is 0 Å². The molecule has 0 aliphatic heterocycles. The fourth-order valence-corrected chi connectivity index (χ4v) is 4.26. The van der Waals surface area contributed by atoms with Crippen LogP contribution in [-0.4, -0.2) is 0 Å². The molecule has 0 amide bonds. The maximum Gasteiger partial charge on any atom is -0.0443 e. The summed E-state index contributed by atoms with van der Waals surface area (Å²) in [5.41, 5.74) is 0. The highest BCUT2D eigenvalue weighted by Gasteiger charge is 2.07. The van der Waals surface area contributed by atoms with Gasteiger partial charge < -0.3 is 0 Å². The van der Waals surface area contributed by atoms with Gasteiger partial charge in [-0.25, -0.2) is 0 Å². The second kappa shape index (κ2) is 19.8. The zero-order valence-corrected chi connectivity index (χ0v) is 19.5. The van der Waals surface area contributed by atoms with Crippen molar-refractivity contribution >= 4 is 0 Å². The molecule has 0 bridgehead atoms. The molecule has 0 saturated heterocycles.